The molecule has 1 radical (unpaired) electrons. The van der Waals surface area contributed by atoms with Crippen molar-refractivity contribution in [3.8, 4) is 0 Å². The van der Waals surface area contributed by atoms with Crippen LogP contribution in [-0.2, 0) is 11.8 Å². The number of nitrogens with one attached hydrogen (secondary N) is 1. The van der Waals surface area contributed by atoms with Crippen LogP contribution in [0.3, 0.4) is 0 Å². The second-order valence-corrected chi connectivity index (χ2v) is 4.30. The van der Waals surface area contributed by atoms with Crippen LogP contribution < -0.4 is 5.32 Å². The Kier molecular flexibility index (Phi) is 1.74. The molecule has 0 amide bonds. The van der Waals surface area contributed by atoms with Crippen LogP contribution in [0.25, 0.3) is 0 Å². The summed E-state index contributed by atoms with van der Waals surface area (Å²) in [6.07, 6.45) is 0. The molecular formula is C12H9NS+. The third kappa shape index (κ3) is 1.19. The zero-order chi connectivity index (χ0) is 9.38. The van der Waals surface area contributed by atoms with E-state index in [0.717, 1.165) is 0 Å². The van der Waals surface area contributed by atoms with Crippen molar-refractivity contribution in [3.05, 3.63) is 48.5 Å². The zero-order valence-electron chi connectivity index (χ0n) is 7.53. The number of hydrogen-bond donors (Lipinski definition) is 1. The predicted octanol–water partition coefficient (Wildman–Crippen LogP) is 3.24. The van der Waals surface area contributed by atoms with Gasteiger partial charge in [-0.3, -0.25) is 0 Å². The van der Waals surface area contributed by atoms with Crippen LogP contribution in [0, 0.1) is 0 Å². The van der Waals surface area contributed by atoms with E-state index < -0.39 is 0 Å². The van der Waals surface area contributed by atoms with Gasteiger partial charge >= 0.3 is 0 Å². The van der Waals surface area contributed by atoms with E-state index in [1.807, 2.05) is 11.8 Å². The zero-order valence-corrected chi connectivity index (χ0v) is 8.34. The second kappa shape index (κ2) is 3.07. The maximum atomic E-state index is 3.42. The van der Waals surface area contributed by atoms with Gasteiger partial charge in [0.25, 0.3) is 11.8 Å². The van der Waals surface area contributed by atoms with Crippen molar-refractivity contribution in [3.63, 3.8) is 0 Å². The summed E-state index contributed by atoms with van der Waals surface area (Å²) in [6.45, 7) is 0. The lowest BCUT2D eigenvalue weighted by Gasteiger charge is -2.10. The fourth-order valence-corrected chi connectivity index (χ4v) is 2.57. The van der Waals surface area contributed by atoms with Gasteiger partial charge in [-0.25, -0.2) is 0 Å². The van der Waals surface area contributed by atoms with Gasteiger partial charge in [0.05, 0.1) is 0 Å². The van der Waals surface area contributed by atoms with Crippen LogP contribution in [0.5, 0.6) is 0 Å². The van der Waals surface area contributed by atoms with Crippen LogP contribution in [0.4, 0.5) is 11.4 Å². The third-order valence-corrected chi connectivity index (χ3v) is 3.42. The molecule has 0 aromatic heterocycles. The monoisotopic (exact) mass is 199 g/mol. The number of anilines is 2. The molecule has 2 heteroatoms. The highest BCUT2D eigenvalue weighted by atomic mass is 32.2. The molecule has 67 valence electrons. The molecule has 2 aromatic rings. The largest absolute Gasteiger partial charge is 0.347 e. The van der Waals surface area contributed by atoms with E-state index in [0.29, 0.717) is 0 Å². The fourth-order valence-electron chi connectivity index (χ4n) is 1.58. The van der Waals surface area contributed by atoms with Gasteiger partial charge in [-0.2, -0.15) is 0 Å². The minimum absolute atomic E-state index is 1.20. The van der Waals surface area contributed by atoms with Gasteiger partial charge in [0.15, 0.2) is 0 Å². The minimum atomic E-state index is 1.20. The van der Waals surface area contributed by atoms with Crippen LogP contribution in [0.1, 0.15) is 0 Å². The number of para-hydroxylation sites is 2. The molecule has 1 aliphatic heterocycles. The highest BCUT2D eigenvalue weighted by Crippen LogP contribution is 2.33. The summed E-state index contributed by atoms with van der Waals surface area (Å²) in [5, 5.41) is 3.42. The lowest BCUT2D eigenvalue weighted by molar-refractivity contribution is 1.31. The first-order valence-corrected chi connectivity index (χ1v) is 5.38. The Bertz CT molecular complexity index is 392. The summed E-state index contributed by atoms with van der Waals surface area (Å²) in [6, 6.07) is 16.8. The Hall–Kier alpha value is -1.41. The van der Waals surface area contributed by atoms with Gasteiger partial charge in [-0.1, -0.05) is 24.3 Å². The van der Waals surface area contributed by atoms with E-state index in [9.17, 15) is 0 Å². The molecule has 1 heterocycles. The third-order valence-electron chi connectivity index (χ3n) is 2.26. The number of hydrogen-bond acceptors (Lipinski definition) is 2. The quantitative estimate of drug-likeness (QED) is 0.558. The van der Waals surface area contributed by atoms with E-state index in [1.165, 1.54) is 21.2 Å². The molecular weight excluding hydrogens is 190 g/mol. The normalized spacial score (nSPS) is 12.6. The summed E-state index contributed by atoms with van der Waals surface area (Å²) < 4.78 is 0. The Morgan fingerprint density at radius 2 is 1.21 bits per heavy atom. The average molecular weight is 199 g/mol. The Morgan fingerprint density at radius 3 is 1.79 bits per heavy atom. The Labute approximate surface area is 87.2 Å². The first-order valence-electron chi connectivity index (χ1n) is 4.56. The highest BCUT2D eigenvalue weighted by Gasteiger charge is 2.27. The summed E-state index contributed by atoms with van der Waals surface area (Å²) >= 11 is 1.82. The van der Waals surface area contributed by atoms with Gasteiger partial charge in [-0.15, -0.1) is 0 Å². The molecule has 2 aromatic carbocycles. The molecule has 0 aliphatic carbocycles. The molecule has 0 saturated carbocycles. The number of rotatable bonds is 0. The summed E-state index contributed by atoms with van der Waals surface area (Å²) in [7, 11) is 0. The van der Waals surface area contributed by atoms with E-state index >= 15 is 0 Å². The molecule has 0 atom stereocenters. The molecule has 0 fully saturated rings. The lowest BCUT2D eigenvalue weighted by Crippen LogP contribution is -2.03. The molecule has 0 saturated heterocycles. The SMILES string of the molecule is c1ccc2c(c1)Nc1ccccc1[S+]2. The highest BCUT2D eigenvalue weighted by molar-refractivity contribution is 7.79. The first-order chi connectivity index (χ1) is 6.93. The molecule has 1 nitrogen and oxygen atoms in total. The van der Waals surface area contributed by atoms with E-state index in [-0.39, 0.29) is 0 Å². The summed E-state index contributed by atoms with van der Waals surface area (Å²) in [5.74, 6) is 0. The molecule has 0 unspecified atom stereocenters. The Balaban J connectivity index is 2.12. The summed E-state index contributed by atoms with van der Waals surface area (Å²) in [5.41, 5.74) is 2.41. The Morgan fingerprint density at radius 1 is 0.714 bits per heavy atom. The van der Waals surface area contributed by atoms with Gasteiger partial charge in [0, 0.05) is 12.1 Å². The number of fused-ring (bicyclic) bond motifs is 2. The molecule has 0 bridgehead atoms. The molecule has 1 aliphatic rings. The van der Waals surface area contributed by atoms with Crippen molar-refractivity contribution in [2.45, 2.75) is 9.79 Å². The number of benzene rings is 2. The van der Waals surface area contributed by atoms with Crippen LogP contribution in [-0.4, -0.2) is 0 Å². The summed E-state index contributed by atoms with van der Waals surface area (Å²) in [4.78, 5) is 2.59. The topological polar surface area (TPSA) is 12.0 Å². The molecule has 1 N–H and O–H groups in total. The van der Waals surface area contributed by atoms with Crippen molar-refractivity contribution in [2.24, 2.45) is 0 Å². The van der Waals surface area contributed by atoms with Crippen molar-refractivity contribution in [2.75, 3.05) is 5.32 Å². The van der Waals surface area contributed by atoms with Gasteiger partial charge in [-0.05, 0) is 12.1 Å². The van der Waals surface area contributed by atoms with Crippen molar-refractivity contribution in [1.29, 1.82) is 0 Å². The standard InChI is InChI=1S/C12H9NS/c1-3-7-11-9(5-1)13-10-6-2-4-8-12(10)14-11/h1-8,13H/q+1. The fraction of sp³-hybridized carbons (Fsp3) is 0. The van der Waals surface area contributed by atoms with Crippen LogP contribution in [0.2, 0.25) is 0 Å². The van der Waals surface area contributed by atoms with Gasteiger partial charge in [0.2, 0.25) is 9.79 Å². The lowest BCUT2D eigenvalue weighted by atomic mass is 10.2. The van der Waals surface area contributed by atoms with E-state index in [4.69, 9.17) is 0 Å². The van der Waals surface area contributed by atoms with E-state index in [2.05, 4.69) is 53.8 Å². The second-order valence-electron chi connectivity index (χ2n) is 3.22. The molecule has 14 heavy (non-hydrogen) atoms. The van der Waals surface area contributed by atoms with Crippen molar-refractivity contribution < 1.29 is 0 Å². The predicted molar refractivity (Wildman–Crippen MR) is 60.1 cm³/mol. The van der Waals surface area contributed by atoms with E-state index in [1.54, 1.807) is 0 Å². The van der Waals surface area contributed by atoms with Crippen LogP contribution >= 0.6 is 0 Å². The smallest absolute Gasteiger partial charge is 0.289 e. The molecule has 3 rings (SSSR count). The maximum absolute atomic E-state index is 3.42. The van der Waals surface area contributed by atoms with Gasteiger partial charge < -0.3 is 5.32 Å². The first kappa shape index (κ1) is 7.94. The molecule has 0 spiro atoms. The maximum Gasteiger partial charge on any atom is 0.289 e. The average Bonchev–Trinajstić information content (AvgIpc) is 2.26. The van der Waals surface area contributed by atoms with Crippen LogP contribution in [0.15, 0.2) is 58.3 Å². The van der Waals surface area contributed by atoms with Crippen molar-refractivity contribution >= 4 is 23.1 Å². The minimum Gasteiger partial charge on any atom is -0.347 e. The van der Waals surface area contributed by atoms with Crippen molar-refractivity contribution in [1.82, 2.24) is 0 Å². The van der Waals surface area contributed by atoms with Gasteiger partial charge in [0.1, 0.15) is 11.4 Å².